The van der Waals surface area contributed by atoms with Crippen LogP contribution in [0.15, 0.2) is 41.5 Å². The van der Waals surface area contributed by atoms with Gasteiger partial charge in [0, 0.05) is 38.7 Å². The summed E-state index contributed by atoms with van der Waals surface area (Å²) in [5, 5.41) is 11.2. The molecule has 0 saturated carbocycles. The van der Waals surface area contributed by atoms with Crippen LogP contribution in [0, 0.1) is 6.92 Å². The molecule has 1 N–H and O–H groups in total. The van der Waals surface area contributed by atoms with E-state index in [1.807, 2.05) is 28.7 Å². The standard InChI is InChI=1S/C17H21N7O2/c1-12-13(3-8-26-12)17(25)20-14-9-23(11-16-18-4-6-22(16)2)10-15(14)24-7-5-19-21-24/h3-8,14-15H,9-11H2,1-2H3,(H,20,25)/t14-,15+/m1/s1. The molecule has 0 radical (unpaired) electrons. The maximum absolute atomic E-state index is 12.6. The van der Waals surface area contributed by atoms with E-state index in [-0.39, 0.29) is 18.0 Å². The molecular formula is C17H21N7O2. The number of hydrogen-bond acceptors (Lipinski definition) is 6. The second-order valence-electron chi connectivity index (χ2n) is 6.57. The summed E-state index contributed by atoms with van der Waals surface area (Å²) in [4.78, 5) is 19.3. The smallest absolute Gasteiger partial charge is 0.255 e. The van der Waals surface area contributed by atoms with E-state index in [9.17, 15) is 4.79 Å². The predicted octanol–water partition coefficient (Wildman–Crippen LogP) is 0.769. The van der Waals surface area contributed by atoms with Gasteiger partial charge < -0.3 is 14.3 Å². The lowest BCUT2D eigenvalue weighted by molar-refractivity contribution is 0.0928. The van der Waals surface area contributed by atoms with Gasteiger partial charge in [0.1, 0.15) is 11.6 Å². The molecule has 0 spiro atoms. The van der Waals surface area contributed by atoms with E-state index < -0.39 is 0 Å². The lowest BCUT2D eigenvalue weighted by Gasteiger charge is -2.19. The van der Waals surface area contributed by atoms with Gasteiger partial charge in [0.2, 0.25) is 0 Å². The van der Waals surface area contributed by atoms with Gasteiger partial charge in [-0.2, -0.15) is 0 Å². The van der Waals surface area contributed by atoms with Crippen LogP contribution in [0.2, 0.25) is 0 Å². The Bertz CT molecular complexity index is 883. The third-order valence-electron chi connectivity index (χ3n) is 4.85. The quantitative estimate of drug-likeness (QED) is 0.726. The summed E-state index contributed by atoms with van der Waals surface area (Å²) in [5.41, 5.74) is 0.560. The first kappa shape index (κ1) is 16.5. The minimum absolute atomic E-state index is 0.00826. The first-order valence-corrected chi connectivity index (χ1v) is 8.51. The highest BCUT2D eigenvalue weighted by Crippen LogP contribution is 2.23. The predicted molar refractivity (Wildman–Crippen MR) is 92.2 cm³/mol. The Morgan fingerprint density at radius 3 is 2.88 bits per heavy atom. The van der Waals surface area contributed by atoms with Gasteiger partial charge in [-0.1, -0.05) is 5.21 Å². The normalized spacial score (nSPS) is 20.5. The first-order chi connectivity index (χ1) is 12.6. The lowest BCUT2D eigenvalue weighted by atomic mass is 10.1. The third kappa shape index (κ3) is 3.13. The number of rotatable bonds is 5. The van der Waals surface area contributed by atoms with Gasteiger partial charge in [0.15, 0.2) is 0 Å². The Hall–Kier alpha value is -2.94. The average Bonchev–Trinajstić information content (AvgIpc) is 3.37. The van der Waals surface area contributed by atoms with E-state index >= 15 is 0 Å². The molecule has 2 atom stereocenters. The SMILES string of the molecule is Cc1occc1C(=O)N[C@@H]1CN(Cc2nccn2C)C[C@@H]1n1ccnn1. The number of carbonyl (C=O) groups excluding carboxylic acids is 1. The van der Waals surface area contributed by atoms with Gasteiger partial charge >= 0.3 is 0 Å². The zero-order chi connectivity index (χ0) is 18.1. The fourth-order valence-corrected chi connectivity index (χ4v) is 3.41. The van der Waals surface area contributed by atoms with Crippen LogP contribution in [-0.2, 0) is 13.6 Å². The number of furan rings is 1. The van der Waals surface area contributed by atoms with E-state index in [0.29, 0.717) is 24.4 Å². The Kier molecular flexibility index (Phi) is 4.29. The number of carbonyl (C=O) groups is 1. The highest BCUT2D eigenvalue weighted by molar-refractivity contribution is 5.95. The van der Waals surface area contributed by atoms with Crippen LogP contribution in [0.5, 0.6) is 0 Å². The monoisotopic (exact) mass is 355 g/mol. The van der Waals surface area contributed by atoms with E-state index in [0.717, 1.165) is 12.4 Å². The van der Waals surface area contributed by atoms with Gasteiger partial charge in [0.05, 0.1) is 36.7 Å². The van der Waals surface area contributed by atoms with Gasteiger partial charge in [-0.05, 0) is 13.0 Å². The van der Waals surface area contributed by atoms with Crippen molar-refractivity contribution in [2.75, 3.05) is 13.1 Å². The molecule has 1 saturated heterocycles. The number of likely N-dealkylation sites (tertiary alicyclic amines) is 1. The van der Waals surface area contributed by atoms with Crippen molar-refractivity contribution in [3.05, 3.63) is 54.3 Å². The highest BCUT2D eigenvalue weighted by Gasteiger charge is 2.36. The van der Waals surface area contributed by atoms with Crippen LogP contribution >= 0.6 is 0 Å². The van der Waals surface area contributed by atoms with Crippen molar-refractivity contribution in [2.24, 2.45) is 7.05 Å². The summed E-state index contributed by atoms with van der Waals surface area (Å²) >= 11 is 0. The average molecular weight is 355 g/mol. The Balaban J connectivity index is 1.52. The van der Waals surface area contributed by atoms with Crippen LogP contribution in [0.3, 0.4) is 0 Å². The van der Waals surface area contributed by atoms with E-state index in [4.69, 9.17) is 4.42 Å². The molecule has 4 heterocycles. The zero-order valence-corrected chi connectivity index (χ0v) is 14.7. The number of aryl methyl sites for hydroxylation is 2. The van der Waals surface area contributed by atoms with Crippen LogP contribution in [0.4, 0.5) is 0 Å². The van der Waals surface area contributed by atoms with Gasteiger partial charge in [-0.15, -0.1) is 5.10 Å². The Morgan fingerprint density at radius 2 is 2.23 bits per heavy atom. The number of amides is 1. The number of imidazole rings is 1. The molecule has 0 aliphatic carbocycles. The summed E-state index contributed by atoms with van der Waals surface area (Å²) in [5.74, 6) is 1.47. The molecular weight excluding hydrogens is 334 g/mol. The molecule has 0 bridgehead atoms. The molecule has 26 heavy (non-hydrogen) atoms. The molecule has 1 aliphatic rings. The topological polar surface area (TPSA) is 94.0 Å². The molecule has 0 unspecified atom stereocenters. The highest BCUT2D eigenvalue weighted by atomic mass is 16.3. The minimum Gasteiger partial charge on any atom is -0.469 e. The molecule has 3 aromatic heterocycles. The van der Waals surface area contributed by atoms with Crippen molar-refractivity contribution in [3.63, 3.8) is 0 Å². The molecule has 9 heteroatoms. The van der Waals surface area contributed by atoms with Crippen LogP contribution in [0.25, 0.3) is 0 Å². The number of nitrogens with zero attached hydrogens (tertiary/aromatic N) is 6. The summed E-state index contributed by atoms with van der Waals surface area (Å²) in [6.45, 7) is 3.96. The number of nitrogens with one attached hydrogen (secondary N) is 1. The van der Waals surface area contributed by atoms with Gasteiger partial charge in [-0.3, -0.25) is 9.69 Å². The van der Waals surface area contributed by atoms with E-state index in [1.165, 1.54) is 6.26 Å². The molecule has 3 aromatic rings. The molecule has 1 fully saturated rings. The molecule has 0 aromatic carbocycles. The molecule has 4 rings (SSSR count). The van der Waals surface area contributed by atoms with Crippen molar-refractivity contribution in [3.8, 4) is 0 Å². The van der Waals surface area contributed by atoms with Crippen LogP contribution < -0.4 is 5.32 Å². The zero-order valence-electron chi connectivity index (χ0n) is 14.7. The van der Waals surface area contributed by atoms with Gasteiger partial charge in [0.25, 0.3) is 5.91 Å². The lowest BCUT2D eigenvalue weighted by Crippen LogP contribution is -2.41. The van der Waals surface area contributed by atoms with Crippen molar-refractivity contribution in [1.82, 2.24) is 34.8 Å². The first-order valence-electron chi connectivity index (χ1n) is 8.51. The third-order valence-corrected chi connectivity index (χ3v) is 4.85. The number of hydrogen-bond donors (Lipinski definition) is 1. The largest absolute Gasteiger partial charge is 0.469 e. The number of aromatic nitrogens is 5. The molecule has 136 valence electrons. The van der Waals surface area contributed by atoms with Crippen molar-refractivity contribution >= 4 is 5.91 Å². The summed E-state index contributed by atoms with van der Waals surface area (Å²) < 4.78 is 9.06. The summed E-state index contributed by atoms with van der Waals surface area (Å²) in [7, 11) is 1.98. The maximum atomic E-state index is 12.6. The Labute approximate surface area is 150 Å². The van der Waals surface area contributed by atoms with E-state index in [2.05, 4.69) is 25.5 Å². The second kappa shape index (κ2) is 6.75. The molecule has 1 aliphatic heterocycles. The summed E-state index contributed by atoms with van der Waals surface area (Å²) in [6.07, 6.45) is 8.74. The second-order valence-corrected chi connectivity index (χ2v) is 6.57. The Morgan fingerprint density at radius 1 is 1.35 bits per heavy atom. The maximum Gasteiger partial charge on any atom is 0.255 e. The minimum atomic E-state index is -0.134. The van der Waals surface area contributed by atoms with Crippen LogP contribution in [-0.4, -0.2) is 54.5 Å². The fraction of sp³-hybridized carbons (Fsp3) is 0.412. The van der Waals surface area contributed by atoms with E-state index in [1.54, 1.807) is 25.4 Å². The summed E-state index contributed by atoms with van der Waals surface area (Å²) in [6, 6.07) is 1.61. The van der Waals surface area contributed by atoms with Gasteiger partial charge in [-0.25, -0.2) is 9.67 Å². The van der Waals surface area contributed by atoms with Crippen molar-refractivity contribution in [1.29, 1.82) is 0 Å². The molecule has 9 nitrogen and oxygen atoms in total. The van der Waals surface area contributed by atoms with Crippen molar-refractivity contribution in [2.45, 2.75) is 25.6 Å². The van der Waals surface area contributed by atoms with Crippen LogP contribution in [0.1, 0.15) is 28.0 Å². The fourth-order valence-electron chi connectivity index (χ4n) is 3.41. The molecule has 1 amide bonds. The van der Waals surface area contributed by atoms with Crippen molar-refractivity contribution < 1.29 is 9.21 Å².